The van der Waals surface area contributed by atoms with Gasteiger partial charge < -0.3 is 10.5 Å². The first-order chi connectivity index (χ1) is 8.60. The molecule has 102 valence electrons. The van der Waals surface area contributed by atoms with Gasteiger partial charge in [0.25, 0.3) is 0 Å². The molecule has 5 heteroatoms. The normalized spacial score (nSPS) is 13.0. The van der Waals surface area contributed by atoms with Gasteiger partial charge in [-0.3, -0.25) is 4.90 Å². The van der Waals surface area contributed by atoms with Crippen LogP contribution in [0.3, 0.4) is 0 Å². The summed E-state index contributed by atoms with van der Waals surface area (Å²) in [5, 5.41) is 0.725. The molecule has 0 spiro atoms. The van der Waals surface area contributed by atoms with Crippen LogP contribution in [0.4, 0.5) is 0 Å². The number of ether oxygens (including phenoxy) is 1. The molecule has 0 saturated carbocycles. The molecular weight excluding hydrogens is 316 g/mol. The van der Waals surface area contributed by atoms with Gasteiger partial charge in [-0.1, -0.05) is 33.6 Å². The van der Waals surface area contributed by atoms with Crippen molar-refractivity contribution in [2.75, 3.05) is 33.9 Å². The van der Waals surface area contributed by atoms with Crippen LogP contribution >= 0.6 is 27.5 Å². The van der Waals surface area contributed by atoms with E-state index in [9.17, 15) is 0 Å². The molecule has 3 nitrogen and oxygen atoms in total. The summed E-state index contributed by atoms with van der Waals surface area (Å²) in [5.74, 6) is 0. The molecular formula is C13H20BrClN2O. The van der Waals surface area contributed by atoms with E-state index in [0.717, 1.165) is 29.1 Å². The molecule has 0 aliphatic rings. The number of hydrogen-bond donors (Lipinski definition) is 1. The zero-order chi connectivity index (χ0) is 13.5. The molecule has 1 unspecified atom stereocenters. The van der Waals surface area contributed by atoms with Crippen molar-refractivity contribution in [1.82, 2.24) is 4.90 Å². The van der Waals surface area contributed by atoms with Crippen LogP contribution in [0.5, 0.6) is 0 Å². The predicted molar refractivity (Wildman–Crippen MR) is 80.1 cm³/mol. The smallest absolute Gasteiger partial charge is 0.0478 e. The fourth-order valence-corrected chi connectivity index (χ4v) is 2.88. The van der Waals surface area contributed by atoms with Crippen LogP contribution in [0, 0.1) is 0 Å². The third-order valence-corrected chi connectivity index (χ3v) is 3.86. The molecule has 2 N–H and O–H groups in total. The lowest BCUT2D eigenvalue weighted by molar-refractivity contribution is 0.166. The number of nitrogens with two attached hydrogens (primary N) is 1. The standard InChI is InChI=1S/C13H20BrClN2O/c1-17(6-3-7-18-2)13(9-16)11-5-4-10(15)8-12(11)14/h4-5,8,13H,3,6-7,9,16H2,1-2H3. The second-order valence-electron chi connectivity index (χ2n) is 4.24. The predicted octanol–water partition coefficient (Wildman–Crippen LogP) is 3.07. The van der Waals surface area contributed by atoms with E-state index in [0.29, 0.717) is 6.54 Å². The molecule has 18 heavy (non-hydrogen) atoms. The summed E-state index contributed by atoms with van der Waals surface area (Å²) in [6.45, 7) is 2.29. The molecule has 0 amide bonds. The Kier molecular flexibility index (Phi) is 7.19. The van der Waals surface area contributed by atoms with Gasteiger partial charge in [-0.15, -0.1) is 0 Å². The minimum atomic E-state index is 0.188. The van der Waals surface area contributed by atoms with E-state index in [2.05, 4.69) is 27.9 Å². The Hall–Kier alpha value is -0.130. The van der Waals surface area contributed by atoms with Crippen molar-refractivity contribution >= 4 is 27.5 Å². The monoisotopic (exact) mass is 334 g/mol. The lowest BCUT2D eigenvalue weighted by Crippen LogP contribution is -2.32. The van der Waals surface area contributed by atoms with Crippen molar-refractivity contribution in [3.05, 3.63) is 33.3 Å². The van der Waals surface area contributed by atoms with Crippen molar-refractivity contribution in [3.63, 3.8) is 0 Å². The van der Waals surface area contributed by atoms with Gasteiger partial charge in [0.1, 0.15) is 0 Å². The molecule has 0 radical (unpaired) electrons. The largest absolute Gasteiger partial charge is 0.385 e. The van der Waals surface area contributed by atoms with Crippen LogP contribution in [0.25, 0.3) is 0 Å². The summed E-state index contributed by atoms with van der Waals surface area (Å²) in [6.07, 6.45) is 0.995. The highest BCUT2D eigenvalue weighted by Gasteiger charge is 2.17. The number of benzene rings is 1. The molecule has 1 aromatic rings. The molecule has 0 aliphatic carbocycles. The van der Waals surface area contributed by atoms with Crippen molar-refractivity contribution in [2.24, 2.45) is 5.73 Å². The SMILES string of the molecule is COCCCN(C)C(CN)c1ccc(Cl)cc1Br. The average molecular weight is 336 g/mol. The van der Waals surface area contributed by atoms with Crippen molar-refractivity contribution in [2.45, 2.75) is 12.5 Å². The van der Waals surface area contributed by atoms with E-state index in [1.54, 1.807) is 7.11 Å². The van der Waals surface area contributed by atoms with Crippen LogP contribution in [-0.4, -0.2) is 38.8 Å². The molecule has 1 atom stereocenters. The Morgan fingerprint density at radius 3 is 2.78 bits per heavy atom. The van der Waals surface area contributed by atoms with E-state index in [1.165, 1.54) is 5.56 Å². The number of likely N-dealkylation sites (N-methyl/N-ethyl adjacent to an activating group) is 1. The first-order valence-corrected chi connectivity index (χ1v) is 7.11. The second kappa shape index (κ2) is 8.12. The van der Waals surface area contributed by atoms with Crippen LogP contribution in [0.15, 0.2) is 22.7 Å². The van der Waals surface area contributed by atoms with Gasteiger partial charge in [-0.2, -0.15) is 0 Å². The van der Waals surface area contributed by atoms with Crippen LogP contribution in [0.2, 0.25) is 5.02 Å². The summed E-state index contributed by atoms with van der Waals surface area (Å²) < 4.78 is 6.07. The first-order valence-electron chi connectivity index (χ1n) is 5.94. The number of hydrogen-bond acceptors (Lipinski definition) is 3. The molecule has 0 fully saturated rings. The highest BCUT2D eigenvalue weighted by Crippen LogP contribution is 2.29. The summed E-state index contributed by atoms with van der Waals surface area (Å²) in [4.78, 5) is 2.24. The fraction of sp³-hybridized carbons (Fsp3) is 0.538. The minimum absolute atomic E-state index is 0.188. The lowest BCUT2D eigenvalue weighted by Gasteiger charge is -2.28. The molecule has 1 rings (SSSR count). The average Bonchev–Trinajstić information content (AvgIpc) is 2.33. The Bertz CT molecular complexity index is 376. The topological polar surface area (TPSA) is 38.5 Å². The van der Waals surface area contributed by atoms with Crippen LogP contribution in [-0.2, 0) is 4.74 Å². The number of nitrogens with zero attached hydrogens (tertiary/aromatic N) is 1. The van der Waals surface area contributed by atoms with E-state index in [1.807, 2.05) is 18.2 Å². The second-order valence-corrected chi connectivity index (χ2v) is 5.54. The zero-order valence-electron chi connectivity index (χ0n) is 10.8. The van der Waals surface area contributed by atoms with Crippen LogP contribution < -0.4 is 5.73 Å². The summed E-state index contributed by atoms with van der Waals surface area (Å²) in [7, 11) is 3.80. The van der Waals surface area contributed by atoms with Crippen molar-refractivity contribution < 1.29 is 4.74 Å². The van der Waals surface area contributed by atoms with Crippen LogP contribution in [0.1, 0.15) is 18.0 Å². The number of rotatable bonds is 7. The third-order valence-electron chi connectivity index (χ3n) is 2.94. The zero-order valence-corrected chi connectivity index (χ0v) is 13.2. The Balaban J connectivity index is 2.75. The molecule has 0 aliphatic heterocycles. The maximum Gasteiger partial charge on any atom is 0.0478 e. The van der Waals surface area contributed by atoms with Gasteiger partial charge in [-0.05, 0) is 31.2 Å². The summed E-state index contributed by atoms with van der Waals surface area (Å²) in [5.41, 5.74) is 7.06. The highest BCUT2D eigenvalue weighted by atomic mass is 79.9. The summed E-state index contributed by atoms with van der Waals surface area (Å²) in [6, 6.07) is 6.01. The summed E-state index contributed by atoms with van der Waals surface area (Å²) >= 11 is 9.50. The maximum atomic E-state index is 5.96. The first kappa shape index (κ1) is 15.9. The molecule has 0 bridgehead atoms. The molecule has 1 aromatic carbocycles. The van der Waals surface area contributed by atoms with Crippen molar-refractivity contribution in [3.8, 4) is 0 Å². The molecule has 0 aromatic heterocycles. The van der Waals surface area contributed by atoms with Gasteiger partial charge in [-0.25, -0.2) is 0 Å². The fourth-order valence-electron chi connectivity index (χ4n) is 1.93. The highest BCUT2D eigenvalue weighted by molar-refractivity contribution is 9.10. The van der Waals surface area contributed by atoms with Gasteiger partial charge in [0.15, 0.2) is 0 Å². The van der Waals surface area contributed by atoms with Gasteiger partial charge in [0.2, 0.25) is 0 Å². The lowest BCUT2D eigenvalue weighted by atomic mass is 10.1. The number of halogens is 2. The van der Waals surface area contributed by atoms with Gasteiger partial charge >= 0.3 is 0 Å². The minimum Gasteiger partial charge on any atom is -0.385 e. The van der Waals surface area contributed by atoms with Gasteiger partial charge in [0.05, 0.1) is 0 Å². The number of methoxy groups -OCH3 is 1. The third kappa shape index (κ3) is 4.52. The Morgan fingerprint density at radius 1 is 1.50 bits per heavy atom. The Labute approximate surface area is 122 Å². The molecule has 0 saturated heterocycles. The Morgan fingerprint density at radius 2 is 2.22 bits per heavy atom. The van der Waals surface area contributed by atoms with E-state index in [4.69, 9.17) is 22.1 Å². The maximum absolute atomic E-state index is 5.96. The van der Waals surface area contributed by atoms with E-state index >= 15 is 0 Å². The van der Waals surface area contributed by atoms with Crippen molar-refractivity contribution in [1.29, 1.82) is 0 Å². The van der Waals surface area contributed by atoms with E-state index in [-0.39, 0.29) is 6.04 Å². The van der Waals surface area contributed by atoms with E-state index < -0.39 is 0 Å². The quantitative estimate of drug-likeness (QED) is 0.778. The van der Waals surface area contributed by atoms with Gasteiger partial charge in [0, 0.05) is 42.3 Å². The molecule has 0 heterocycles.